The van der Waals surface area contributed by atoms with Gasteiger partial charge in [-0.1, -0.05) is 71.8 Å². The zero-order valence-electron chi connectivity index (χ0n) is 19.4. The van der Waals surface area contributed by atoms with E-state index in [2.05, 4.69) is 60.8 Å². The van der Waals surface area contributed by atoms with Crippen LogP contribution in [0.2, 0.25) is 0 Å². The van der Waals surface area contributed by atoms with E-state index in [-0.39, 0.29) is 5.91 Å². The van der Waals surface area contributed by atoms with Gasteiger partial charge in [-0.2, -0.15) is 0 Å². The Morgan fingerprint density at radius 2 is 1.85 bits per heavy atom. The number of nitrogens with zero attached hydrogens (tertiary/aromatic N) is 1. The number of hydrogen-bond acceptors (Lipinski definition) is 4. The van der Waals surface area contributed by atoms with Gasteiger partial charge in [-0.15, -0.1) is 11.3 Å². The van der Waals surface area contributed by atoms with Gasteiger partial charge in [0.25, 0.3) is 5.91 Å². The Kier molecular flexibility index (Phi) is 6.45. The molecule has 0 bridgehead atoms. The van der Waals surface area contributed by atoms with Gasteiger partial charge in [0.1, 0.15) is 9.71 Å². The van der Waals surface area contributed by atoms with E-state index in [0.29, 0.717) is 17.1 Å². The summed E-state index contributed by atoms with van der Waals surface area (Å²) in [5.41, 5.74) is 13.8. The number of rotatable bonds is 6. The molecule has 2 aromatic carbocycles. The third-order valence-corrected chi connectivity index (χ3v) is 7.55. The third-order valence-electron chi connectivity index (χ3n) is 6.45. The Morgan fingerprint density at radius 3 is 2.59 bits per heavy atom. The third kappa shape index (κ3) is 4.62. The molecule has 1 amide bonds. The molecule has 5 heteroatoms. The first-order valence-electron chi connectivity index (χ1n) is 11.9. The second kappa shape index (κ2) is 9.82. The van der Waals surface area contributed by atoms with Crippen molar-refractivity contribution in [2.45, 2.75) is 39.0 Å². The molecule has 0 saturated carbocycles. The Hall–Kier alpha value is -3.44. The fraction of sp³-hybridized carbons (Fsp3) is 0.241. The van der Waals surface area contributed by atoms with Crippen molar-refractivity contribution in [1.82, 2.24) is 10.3 Å². The number of benzene rings is 2. The van der Waals surface area contributed by atoms with E-state index in [0.717, 1.165) is 51.9 Å². The Labute approximate surface area is 204 Å². The molecule has 2 heterocycles. The van der Waals surface area contributed by atoms with E-state index >= 15 is 0 Å². The molecule has 0 spiro atoms. The molecular formula is C29H29N3OS. The number of allylic oxidation sites excluding steroid dienone is 1. The Morgan fingerprint density at radius 1 is 1.06 bits per heavy atom. The molecule has 1 aliphatic rings. The van der Waals surface area contributed by atoms with Gasteiger partial charge in [0.2, 0.25) is 0 Å². The number of anilines is 1. The van der Waals surface area contributed by atoms with E-state index < -0.39 is 0 Å². The molecule has 2 aromatic heterocycles. The number of pyridine rings is 1. The van der Waals surface area contributed by atoms with E-state index in [4.69, 9.17) is 10.7 Å². The van der Waals surface area contributed by atoms with Crippen molar-refractivity contribution in [1.29, 1.82) is 0 Å². The summed E-state index contributed by atoms with van der Waals surface area (Å²) in [6.07, 6.45) is 8.06. The second-order valence-electron chi connectivity index (χ2n) is 8.93. The van der Waals surface area contributed by atoms with Gasteiger partial charge < -0.3 is 11.1 Å². The largest absolute Gasteiger partial charge is 0.397 e. The van der Waals surface area contributed by atoms with Gasteiger partial charge in [0.15, 0.2) is 0 Å². The summed E-state index contributed by atoms with van der Waals surface area (Å²) in [6, 6.07) is 20.6. The Bertz CT molecular complexity index is 1350. The molecule has 0 atom stereocenters. The minimum Gasteiger partial charge on any atom is -0.397 e. The summed E-state index contributed by atoms with van der Waals surface area (Å²) in [5.74, 6) is -0.118. The number of nitrogens with two attached hydrogens (primary N) is 1. The molecule has 172 valence electrons. The highest BCUT2D eigenvalue weighted by Gasteiger charge is 2.21. The van der Waals surface area contributed by atoms with Crippen LogP contribution in [0.5, 0.6) is 0 Å². The van der Waals surface area contributed by atoms with Crippen LogP contribution in [0.4, 0.5) is 5.69 Å². The quantitative estimate of drug-likeness (QED) is 0.296. The number of fused-ring (bicyclic) bond motifs is 1. The van der Waals surface area contributed by atoms with Gasteiger partial charge >= 0.3 is 0 Å². The maximum Gasteiger partial charge on any atom is 0.263 e. The first-order chi connectivity index (χ1) is 16.6. The van der Waals surface area contributed by atoms with Crippen molar-refractivity contribution in [3.63, 3.8) is 0 Å². The monoisotopic (exact) mass is 467 g/mol. The van der Waals surface area contributed by atoms with Crippen LogP contribution >= 0.6 is 11.3 Å². The number of nitrogens with one attached hydrogen (secondary N) is 1. The van der Waals surface area contributed by atoms with Crippen LogP contribution < -0.4 is 11.1 Å². The number of carbonyl (C=O) groups is 1. The van der Waals surface area contributed by atoms with Gasteiger partial charge in [-0.25, -0.2) is 4.98 Å². The second-order valence-corrected chi connectivity index (χ2v) is 9.93. The van der Waals surface area contributed by atoms with Crippen molar-refractivity contribution in [2.75, 3.05) is 12.3 Å². The standard InChI is InChI=1S/C29H29N3OS/c1-19-12-14-21(15-13-19)23-18-24(22-10-6-3-7-11-22)32-29-25(23)26(30)27(34-29)28(33)31-17-16-20-8-4-2-5-9-20/h3,6-8,10-15,18H,2,4-5,9,16-17,30H2,1H3,(H,31,33). The van der Waals surface area contributed by atoms with Crippen LogP contribution in [0.1, 0.15) is 47.3 Å². The van der Waals surface area contributed by atoms with Crippen LogP contribution in [0, 0.1) is 6.92 Å². The molecule has 0 saturated heterocycles. The van der Waals surface area contributed by atoms with Gasteiger partial charge in [-0.3, -0.25) is 4.79 Å². The molecule has 3 N–H and O–H groups in total. The maximum atomic E-state index is 13.1. The SMILES string of the molecule is Cc1ccc(-c2cc(-c3ccccc3)nc3sc(C(=O)NCCC4=CCCCC4)c(N)c23)cc1. The number of nitrogen functional groups attached to an aromatic ring is 1. The van der Waals surface area contributed by atoms with Crippen LogP contribution in [-0.2, 0) is 0 Å². The lowest BCUT2D eigenvalue weighted by Gasteiger charge is -2.12. The number of aryl methyl sites for hydroxylation is 1. The normalized spacial score (nSPS) is 13.6. The van der Waals surface area contributed by atoms with Gasteiger partial charge in [-0.05, 0) is 56.2 Å². The maximum absolute atomic E-state index is 13.1. The zero-order chi connectivity index (χ0) is 23.5. The lowest BCUT2D eigenvalue weighted by atomic mass is 9.97. The minimum atomic E-state index is -0.118. The number of amides is 1. The van der Waals surface area contributed by atoms with E-state index in [1.807, 2.05) is 18.2 Å². The number of carbonyl (C=O) groups excluding carboxylic acids is 1. The van der Waals surface area contributed by atoms with Gasteiger partial charge in [0, 0.05) is 17.5 Å². The first kappa shape index (κ1) is 22.4. The van der Waals surface area contributed by atoms with Crippen LogP contribution in [0.25, 0.3) is 32.6 Å². The molecule has 0 aliphatic heterocycles. The molecule has 34 heavy (non-hydrogen) atoms. The molecule has 1 aliphatic carbocycles. The summed E-state index contributed by atoms with van der Waals surface area (Å²) in [6.45, 7) is 2.71. The molecule has 0 unspecified atom stereocenters. The molecule has 0 radical (unpaired) electrons. The first-order valence-corrected chi connectivity index (χ1v) is 12.7. The average Bonchev–Trinajstić information content (AvgIpc) is 3.21. The fourth-order valence-corrected chi connectivity index (χ4v) is 5.59. The summed E-state index contributed by atoms with van der Waals surface area (Å²) in [7, 11) is 0. The predicted octanol–water partition coefficient (Wildman–Crippen LogP) is 7.14. The van der Waals surface area contributed by atoms with Crippen molar-refractivity contribution >= 4 is 33.1 Å². The van der Waals surface area contributed by atoms with E-state index in [1.54, 1.807) is 0 Å². The number of aromatic nitrogens is 1. The van der Waals surface area contributed by atoms with Gasteiger partial charge in [0.05, 0.1) is 11.4 Å². The fourth-order valence-electron chi connectivity index (χ4n) is 4.56. The topological polar surface area (TPSA) is 68.0 Å². The summed E-state index contributed by atoms with van der Waals surface area (Å²) in [5, 5.41) is 3.94. The lowest BCUT2D eigenvalue weighted by molar-refractivity contribution is 0.0959. The Balaban J connectivity index is 1.52. The number of hydrogen-bond donors (Lipinski definition) is 2. The van der Waals surface area contributed by atoms with Crippen molar-refractivity contribution in [2.24, 2.45) is 0 Å². The molecule has 0 fully saturated rings. The molecule has 4 aromatic rings. The van der Waals surface area contributed by atoms with Crippen molar-refractivity contribution in [3.8, 4) is 22.4 Å². The zero-order valence-corrected chi connectivity index (χ0v) is 20.3. The molecular weight excluding hydrogens is 438 g/mol. The van der Waals surface area contributed by atoms with Crippen molar-refractivity contribution in [3.05, 3.63) is 82.8 Å². The summed E-state index contributed by atoms with van der Waals surface area (Å²) in [4.78, 5) is 19.3. The summed E-state index contributed by atoms with van der Waals surface area (Å²) < 4.78 is 0. The van der Waals surface area contributed by atoms with Crippen LogP contribution in [-0.4, -0.2) is 17.4 Å². The van der Waals surface area contributed by atoms with Crippen molar-refractivity contribution < 1.29 is 4.79 Å². The minimum absolute atomic E-state index is 0.118. The van der Waals surface area contributed by atoms with Crippen LogP contribution in [0.15, 0.2) is 72.3 Å². The van der Waals surface area contributed by atoms with E-state index in [9.17, 15) is 4.79 Å². The molecule has 4 nitrogen and oxygen atoms in total. The highest BCUT2D eigenvalue weighted by Crippen LogP contribution is 2.41. The summed E-state index contributed by atoms with van der Waals surface area (Å²) >= 11 is 1.38. The predicted molar refractivity (Wildman–Crippen MR) is 143 cm³/mol. The highest BCUT2D eigenvalue weighted by molar-refractivity contribution is 7.21. The highest BCUT2D eigenvalue weighted by atomic mass is 32.1. The van der Waals surface area contributed by atoms with E-state index in [1.165, 1.54) is 35.3 Å². The number of thiophene rings is 1. The molecule has 5 rings (SSSR count). The average molecular weight is 468 g/mol. The van der Waals surface area contributed by atoms with Crippen LogP contribution in [0.3, 0.4) is 0 Å². The lowest BCUT2D eigenvalue weighted by Crippen LogP contribution is -2.24. The smallest absolute Gasteiger partial charge is 0.263 e.